The van der Waals surface area contributed by atoms with E-state index in [-0.39, 0.29) is 24.0 Å². The van der Waals surface area contributed by atoms with Crippen molar-refractivity contribution in [2.75, 3.05) is 12.8 Å². The van der Waals surface area contributed by atoms with Crippen molar-refractivity contribution in [3.8, 4) is 0 Å². The van der Waals surface area contributed by atoms with Gasteiger partial charge in [-0.1, -0.05) is 13.3 Å². The molecule has 2 N–H and O–H groups in total. The van der Waals surface area contributed by atoms with Crippen LogP contribution < -0.4 is 10.6 Å². The van der Waals surface area contributed by atoms with Crippen molar-refractivity contribution in [2.45, 2.75) is 62.8 Å². The molecule has 0 aromatic rings. The Morgan fingerprint density at radius 3 is 2.47 bits per heavy atom. The lowest BCUT2D eigenvalue weighted by Crippen LogP contribution is -2.47. The number of guanidine groups is 1. The van der Waals surface area contributed by atoms with Gasteiger partial charge < -0.3 is 10.6 Å². The summed E-state index contributed by atoms with van der Waals surface area (Å²) in [5.41, 5.74) is 0. The lowest BCUT2D eigenvalue weighted by atomic mass is 9.95. The summed E-state index contributed by atoms with van der Waals surface area (Å²) in [6.45, 7) is 2.01. The van der Waals surface area contributed by atoms with Gasteiger partial charge in [-0.2, -0.15) is 0 Å². The minimum absolute atomic E-state index is 0. The van der Waals surface area contributed by atoms with Gasteiger partial charge in [0.05, 0.1) is 0 Å². The van der Waals surface area contributed by atoms with Crippen LogP contribution in [0.1, 0.15) is 45.4 Å². The molecule has 0 saturated heterocycles. The van der Waals surface area contributed by atoms with Gasteiger partial charge in [0.1, 0.15) is 0 Å². The zero-order chi connectivity index (χ0) is 13.0. The van der Waals surface area contributed by atoms with Crippen molar-refractivity contribution in [3.05, 3.63) is 0 Å². The average molecular weight is 399 g/mol. The highest BCUT2D eigenvalue weighted by atomic mass is 127. The second-order valence-electron chi connectivity index (χ2n) is 5.29. The summed E-state index contributed by atoms with van der Waals surface area (Å²) < 4.78 is 11.9. The first kappa shape index (κ1) is 17.2. The smallest absolute Gasteiger partial charge is 0.191 e. The zero-order valence-electron chi connectivity index (χ0n) is 11.9. The van der Waals surface area contributed by atoms with E-state index in [4.69, 9.17) is 0 Å². The Balaban J connectivity index is 0.00000180. The number of nitrogens with one attached hydrogen (secondary N) is 2. The number of hydrogen-bond acceptors (Lipinski definition) is 2. The topological polar surface area (TPSA) is 53.5 Å². The first-order chi connectivity index (χ1) is 8.72. The Hall–Kier alpha value is 0.150. The molecule has 112 valence electrons. The van der Waals surface area contributed by atoms with Gasteiger partial charge in [-0.05, 0) is 32.1 Å². The van der Waals surface area contributed by atoms with Crippen LogP contribution in [0, 0.1) is 0 Å². The molecule has 0 aromatic carbocycles. The first-order valence-electron chi connectivity index (χ1n) is 7.10. The van der Waals surface area contributed by atoms with E-state index in [0.717, 1.165) is 24.6 Å². The van der Waals surface area contributed by atoms with Crippen LogP contribution in [-0.2, 0) is 10.8 Å². The standard InChI is InChI=1S/C13H25N3OS.HI/c1-3-18(17)12-6-4-5-11(9-12)16-13(14-2)15-10-7-8-10;/h10-12H,3-9H2,1-2H3,(H2,14,15,16);1H. The van der Waals surface area contributed by atoms with Crippen LogP contribution in [0.25, 0.3) is 0 Å². The van der Waals surface area contributed by atoms with Gasteiger partial charge in [0, 0.05) is 40.9 Å². The minimum atomic E-state index is -0.650. The van der Waals surface area contributed by atoms with Gasteiger partial charge in [-0.3, -0.25) is 9.20 Å². The van der Waals surface area contributed by atoms with Crippen LogP contribution in [-0.4, -0.2) is 40.3 Å². The van der Waals surface area contributed by atoms with Crippen LogP contribution in [0.2, 0.25) is 0 Å². The summed E-state index contributed by atoms with van der Waals surface area (Å²) in [5, 5.41) is 7.27. The Bertz CT molecular complexity index is 334. The maximum absolute atomic E-state index is 11.9. The molecule has 0 bridgehead atoms. The highest BCUT2D eigenvalue weighted by Crippen LogP contribution is 2.23. The highest BCUT2D eigenvalue weighted by Gasteiger charge is 2.27. The Morgan fingerprint density at radius 2 is 1.89 bits per heavy atom. The van der Waals surface area contributed by atoms with Crippen LogP contribution in [0.3, 0.4) is 0 Å². The maximum Gasteiger partial charge on any atom is 0.191 e. The SMILES string of the molecule is CCS(=O)C1CCCC(NC(=NC)NC2CC2)C1.I. The molecule has 3 atom stereocenters. The van der Waals surface area contributed by atoms with E-state index < -0.39 is 10.8 Å². The van der Waals surface area contributed by atoms with E-state index in [1.165, 1.54) is 25.7 Å². The van der Waals surface area contributed by atoms with Crippen molar-refractivity contribution in [3.63, 3.8) is 0 Å². The minimum Gasteiger partial charge on any atom is -0.354 e. The van der Waals surface area contributed by atoms with E-state index in [2.05, 4.69) is 15.6 Å². The van der Waals surface area contributed by atoms with Gasteiger partial charge in [-0.15, -0.1) is 24.0 Å². The number of aliphatic imine (C=N–C) groups is 1. The molecule has 19 heavy (non-hydrogen) atoms. The van der Waals surface area contributed by atoms with Crippen LogP contribution >= 0.6 is 24.0 Å². The third kappa shape index (κ3) is 5.57. The first-order valence-corrected chi connectivity index (χ1v) is 8.48. The number of nitrogens with zero attached hydrogens (tertiary/aromatic N) is 1. The van der Waals surface area contributed by atoms with Gasteiger partial charge >= 0.3 is 0 Å². The predicted octanol–water partition coefficient (Wildman–Crippen LogP) is 2.01. The molecule has 6 heteroatoms. The Morgan fingerprint density at radius 1 is 1.21 bits per heavy atom. The maximum atomic E-state index is 11.9. The molecular weight excluding hydrogens is 373 g/mol. The van der Waals surface area contributed by atoms with Crippen molar-refractivity contribution in [1.29, 1.82) is 0 Å². The molecule has 2 rings (SSSR count). The normalized spacial score (nSPS) is 29.3. The van der Waals surface area contributed by atoms with Crippen molar-refractivity contribution < 1.29 is 4.21 Å². The van der Waals surface area contributed by atoms with Crippen LogP contribution in [0.15, 0.2) is 4.99 Å². The second kappa shape index (κ2) is 8.44. The molecule has 0 radical (unpaired) electrons. The summed E-state index contributed by atoms with van der Waals surface area (Å²) in [6, 6.07) is 1.06. The van der Waals surface area contributed by atoms with Gasteiger partial charge in [0.15, 0.2) is 5.96 Å². The summed E-state index contributed by atoms with van der Waals surface area (Å²) in [7, 11) is 1.17. The summed E-state index contributed by atoms with van der Waals surface area (Å²) in [5.74, 6) is 1.71. The molecule has 3 unspecified atom stereocenters. The Kier molecular flexibility index (Phi) is 7.64. The quantitative estimate of drug-likeness (QED) is 0.432. The average Bonchev–Trinajstić information content (AvgIpc) is 3.21. The number of hydrogen-bond donors (Lipinski definition) is 2. The van der Waals surface area contributed by atoms with Gasteiger partial charge in [0.25, 0.3) is 0 Å². The lowest BCUT2D eigenvalue weighted by Gasteiger charge is -2.30. The van der Waals surface area contributed by atoms with E-state index in [9.17, 15) is 4.21 Å². The molecule has 0 heterocycles. The predicted molar refractivity (Wildman–Crippen MR) is 92.8 cm³/mol. The molecule has 0 spiro atoms. The molecule has 2 aliphatic rings. The van der Waals surface area contributed by atoms with E-state index in [1.807, 2.05) is 14.0 Å². The molecule has 0 aromatic heterocycles. The monoisotopic (exact) mass is 399 g/mol. The lowest BCUT2D eigenvalue weighted by molar-refractivity contribution is 0.413. The summed E-state index contributed by atoms with van der Waals surface area (Å²) in [6.07, 6.45) is 7.00. The molecule has 0 amide bonds. The van der Waals surface area contributed by atoms with Crippen molar-refractivity contribution >= 4 is 40.7 Å². The van der Waals surface area contributed by atoms with Crippen molar-refractivity contribution in [1.82, 2.24) is 10.6 Å². The highest BCUT2D eigenvalue weighted by molar-refractivity contribution is 14.0. The van der Waals surface area contributed by atoms with Crippen LogP contribution in [0.4, 0.5) is 0 Å². The molecule has 0 aliphatic heterocycles. The zero-order valence-corrected chi connectivity index (χ0v) is 15.0. The fraction of sp³-hybridized carbons (Fsp3) is 0.923. The number of halogens is 1. The van der Waals surface area contributed by atoms with E-state index in [1.54, 1.807) is 0 Å². The third-order valence-corrected chi connectivity index (χ3v) is 5.51. The van der Waals surface area contributed by atoms with E-state index in [0.29, 0.717) is 17.3 Å². The van der Waals surface area contributed by atoms with Gasteiger partial charge in [-0.25, -0.2) is 0 Å². The molecule has 2 saturated carbocycles. The van der Waals surface area contributed by atoms with E-state index >= 15 is 0 Å². The molecule has 4 nitrogen and oxygen atoms in total. The number of rotatable bonds is 4. The van der Waals surface area contributed by atoms with Crippen LogP contribution in [0.5, 0.6) is 0 Å². The fourth-order valence-corrected chi connectivity index (χ4v) is 3.88. The van der Waals surface area contributed by atoms with Gasteiger partial charge in [0.2, 0.25) is 0 Å². The Labute approximate surface area is 136 Å². The fourth-order valence-electron chi connectivity index (χ4n) is 2.54. The molecule has 2 aliphatic carbocycles. The molecule has 2 fully saturated rings. The largest absolute Gasteiger partial charge is 0.354 e. The second-order valence-corrected chi connectivity index (χ2v) is 7.30. The third-order valence-electron chi connectivity index (χ3n) is 3.77. The summed E-state index contributed by atoms with van der Waals surface area (Å²) >= 11 is 0. The summed E-state index contributed by atoms with van der Waals surface area (Å²) in [4.78, 5) is 4.27. The molecular formula is C13H26IN3OS. The van der Waals surface area contributed by atoms with Crippen molar-refractivity contribution in [2.24, 2.45) is 4.99 Å².